The van der Waals surface area contributed by atoms with Gasteiger partial charge in [0.05, 0.1) is 7.11 Å². The van der Waals surface area contributed by atoms with Gasteiger partial charge in [-0.2, -0.15) is 0 Å². The fourth-order valence-electron chi connectivity index (χ4n) is 3.10. The Balaban J connectivity index is 2.17. The second-order valence-electron chi connectivity index (χ2n) is 6.94. The third kappa shape index (κ3) is 3.24. The number of ether oxygens (including phenoxy) is 2. The van der Waals surface area contributed by atoms with Gasteiger partial charge in [0, 0.05) is 31.6 Å². The van der Waals surface area contributed by atoms with E-state index in [1.807, 2.05) is 32.7 Å². The number of amides is 1. The second kappa shape index (κ2) is 5.87. The van der Waals surface area contributed by atoms with E-state index in [4.69, 9.17) is 9.47 Å². The number of fused-ring (bicyclic) bond motifs is 2. The number of carbonyl (C=O) groups is 3. The highest BCUT2D eigenvalue weighted by molar-refractivity contribution is 6.01. The maximum absolute atomic E-state index is 12.3. The summed E-state index contributed by atoms with van der Waals surface area (Å²) in [5.74, 6) is -1.48. The minimum absolute atomic E-state index is 0.0836. The van der Waals surface area contributed by atoms with Crippen molar-refractivity contribution in [3.63, 3.8) is 0 Å². The largest absolute Gasteiger partial charge is 0.468 e. The second-order valence-corrected chi connectivity index (χ2v) is 6.94. The molecule has 2 aliphatic heterocycles. The van der Waals surface area contributed by atoms with Gasteiger partial charge < -0.3 is 14.4 Å². The predicted octanol–water partition coefficient (Wildman–Crippen LogP) is 0.668. The SMILES string of the molecule is COC(=O)C1C(=O)CC2CN(C(=O)OC(C)(C)C)CC1N2C. The molecule has 0 saturated carbocycles. The highest BCUT2D eigenvalue weighted by Crippen LogP contribution is 2.31. The van der Waals surface area contributed by atoms with Gasteiger partial charge in [-0.25, -0.2) is 4.79 Å². The zero-order chi connectivity index (χ0) is 16.7. The number of Topliss-reactive ketones (excluding diaryl/α,β-unsaturated/α-hetero) is 1. The van der Waals surface area contributed by atoms with Gasteiger partial charge in [-0.05, 0) is 27.8 Å². The summed E-state index contributed by atoms with van der Waals surface area (Å²) in [6.45, 7) is 6.14. The van der Waals surface area contributed by atoms with Crippen LogP contribution in [0.25, 0.3) is 0 Å². The van der Waals surface area contributed by atoms with Crippen LogP contribution in [0.15, 0.2) is 0 Å². The summed E-state index contributed by atoms with van der Waals surface area (Å²) >= 11 is 0. The number of piperidine rings is 1. The topological polar surface area (TPSA) is 76.2 Å². The van der Waals surface area contributed by atoms with E-state index in [0.717, 1.165) is 0 Å². The maximum atomic E-state index is 12.3. The Hall–Kier alpha value is -1.63. The first kappa shape index (κ1) is 16.7. The van der Waals surface area contributed by atoms with Crippen molar-refractivity contribution < 1.29 is 23.9 Å². The number of rotatable bonds is 1. The molecule has 7 heteroatoms. The summed E-state index contributed by atoms with van der Waals surface area (Å²) in [7, 11) is 3.15. The highest BCUT2D eigenvalue weighted by atomic mass is 16.6. The van der Waals surface area contributed by atoms with Gasteiger partial charge >= 0.3 is 12.1 Å². The third-order valence-corrected chi connectivity index (χ3v) is 4.21. The highest BCUT2D eigenvalue weighted by Gasteiger charge is 2.50. The van der Waals surface area contributed by atoms with E-state index >= 15 is 0 Å². The van der Waals surface area contributed by atoms with E-state index in [2.05, 4.69) is 0 Å². The number of hydrogen-bond donors (Lipinski definition) is 0. The summed E-state index contributed by atoms with van der Waals surface area (Å²) < 4.78 is 10.1. The molecule has 0 spiro atoms. The number of methoxy groups -OCH3 is 1. The molecule has 3 unspecified atom stereocenters. The summed E-state index contributed by atoms with van der Waals surface area (Å²) in [6, 6.07) is -0.445. The molecule has 2 bridgehead atoms. The molecular formula is C15H24N2O5. The third-order valence-electron chi connectivity index (χ3n) is 4.21. The van der Waals surface area contributed by atoms with Crippen LogP contribution >= 0.6 is 0 Å². The van der Waals surface area contributed by atoms with Crippen molar-refractivity contribution in [1.29, 1.82) is 0 Å². The van der Waals surface area contributed by atoms with Crippen molar-refractivity contribution in [3.05, 3.63) is 0 Å². The molecule has 2 saturated heterocycles. The van der Waals surface area contributed by atoms with Crippen LogP contribution < -0.4 is 0 Å². The van der Waals surface area contributed by atoms with Gasteiger partial charge in [0.25, 0.3) is 0 Å². The van der Waals surface area contributed by atoms with Crippen molar-refractivity contribution in [2.24, 2.45) is 5.92 Å². The molecule has 0 N–H and O–H groups in total. The smallest absolute Gasteiger partial charge is 0.410 e. The van der Waals surface area contributed by atoms with Crippen molar-refractivity contribution in [2.45, 2.75) is 44.9 Å². The number of nitrogens with zero attached hydrogens (tertiary/aromatic N) is 2. The molecule has 0 aromatic carbocycles. The lowest BCUT2D eigenvalue weighted by Crippen LogP contribution is -2.67. The van der Waals surface area contributed by atoms with Crippen LogP contribution in [0, 0.1) is 5.92 Å². The van der Waals surface area contributed by atoms with E-state index in [1.54, 1.807) is 4.90 Å². The molecule has 0 radical (unpaired) electrons. The Morgan fingerprint density at radius 2 is 1.86 bits per heavy atom. The fourth-order valence-corrected chi connectivity index (χ4v) is 3.10. The van der Waals surface area contributed by atoms with Crippen LogP contribution in [0.1, 0.15) is 27.2 Å². The van der Waals surface area contributed by atoms with Crippen LogP contribution in [0.4, 0.5) is 4.79 Å². The van der Waals surface area contributed by atoms with Crippen LogP contribution in [-0.2, 0) is 19.1 Å². The Kier molecular flexibility index (Phi) is 4.47. The molecule has 7 nitrogen and oxygen atoms in total. The molecule has 22 heavy (non-hydrogen) atoms. The first-order chi connectivity index (χ1) is 10.1. The first-order valence-electron chi connectivity index (χ1n) is 7.44. The standard InChI is InChI=1S/C15H24N2O5/c1-15(2,3)22-14(20)17-7-9-6-11(18)12(13(19)21-5)10(8-17)16(9)4/h9-10,12H,6-8H2,1-5H3. The molecule has 2 rings (SSSR count). The number of esters is 1. The molecule has 3 atom stereocenters. The molecule has 1 amide bonds. The van der Waals surface area contributed by atoms with Crippen molar-refractivity contribution in [3.8, 4) is 0 Å². The predicted molar refractivity (Wildman–Crippen MR) is 78.3 cm³/mol. The van der Waals surface area contributed by atoms with E-state index in [-0.39, 0.29) is 30.8 Å². The summed E-state index contributed by atoms with van der Waals surface area (Å²) in [5.41, 5.74) is -0.576. The van der Waals surface area contributed by atoms with Gasteiger partial charge in [-0.1, -0.05) is 0 Å². The van der Waals surface area contributed by atoms with Gasteiger partial charge in [-0.3, -0.25) is 14.5 Å². The molecule has 2 fully saturated rings. The lowest BCUT2D eigenvalue weighted by atomic mass is 9.82. The van der Waals surface area contributed by atoms with E-state index in [0.29, 0.717) is 6.54 Å². The van der Waals surface area contributed by atoms with Crippen LogP contribution in [0.2, 0.25) is 0 Å². The average Bonchev–Trinajstić information content (AvgIpc) is 2.38. The number of piperazine rings is 1. The van der Waals surface area contributed by atoms with Gasteiger partial charge in [-0.15, -0.1) is 0 Å². The number of likely N-dealkylation sites (N-methyl/N-ethyl adjacent to an activating group) is 1. The average molecular weight is 312 g/mol. The van der Waals surface area contributed by atoms with Gasteiger partial charge in [0.2, 0.25) is 0 Å². The Bertz CT molecular complexity index is 485. The van der Waals surface area contributed by atoms with E-state index < -0.39 is 23.6 Å². The summed E-state index contributed by atoms with van der Waals surface area (Å²) in [6.07, 6.45) is -0.167. The number of ketones is 1. The number of carbonyl (C=O) groups excluding carboxylic acids is 3. The van der Waals surface area contributed by atoms with Gasteiger partial charge in [0.1, 0.15) is 17.3 Å². The van der Waals surface area contributed by atoms with E-state index in [1.165, 1.54) is 7.11 Å². The molecular weight excluding hydrogens is 288 g/mol. The molecule has 0 aromatic heterocycles. The minimum Gasteiger partial charge on any atom is -0.468 e. The first-order valence-corrected chi connectivity index (χ1v) is 7.44. The Morgan fingerprint density at radius 1 is 1.23 bits per heavy atom. The Morgan fingerprint density at radius 3 is 2.41 bits per heavy atom. The van der Waals surface area contributed by atoms with Gasteiger partial charge in [0.15, 0.2) is 0 Å². The fraction of sp³-hybridized carbons (Fsp3) is 0.800. The lowest BCUT2D eigenvalue weighted by molar-refractivity contribution is -0.159. The van der Waals surface area contributed by atoms with Crippen LogP contribution in [0.3, 0.4) is 0 Å². The maximum Gasteiger partial charge on any atom is 0.410 e. The number of likely N-dealkylation sites (tertiary alicyclic amines) is 1. The van der Waals surface area contributed by atoms with Crippen molar-refractivity contribution in [1.82, 2.24) is 9.80 Å². The number of hydrogen-bond acceptors (Lipinski definition) is 6. The van der Waals surface area contributed by atoms with Crippen LogP contribution in [0.5, 0.6) is 0 Å². The summed E-state index contributed by atoms with van der Waals surface area (Å²) in [4.78, 5) is 40.0. The Labute approximate surface area is 130 Å². The lowest BCUT2D eigenvalue weighted by Gasteiger charge is -2.49. The van der Waals surface area contributed by atoms with Crippen molar-refractivity contribution in [2.75, 3.05) is 27.2 Å². The molecule has 2 aliphatic rings. The minimum atomic E-state index is -0.837. The van der Waals surface area contributed by atoms with Crippen molar-refractivity contribution >= 4 is 17.8 Å². The normalized spacial score (nSPS) is 29.2. The quantitative estimate of drug-likeness (QED) is 0.523. The van der Waals surface area contributed by atoms with Crippen LogP contribution in [-0.4, -0.2) is 72.6 Å². The molecule has 0 aromatic rings. The molecule has 2 heterocycles. The molecule has 0 aliphatic carbocycles. The molecule has 124 valence electrons. The monoisotopic (exact) mass is 312 g/mol. The summed E-state index contributed by atoms with van der Waals surface area (Å²) in [5, 5.41) is 0. The zero-order valence-corrected chi connectivity index (χ0v) is 13.8. The van der Waals surface area contributed by atoms with E-state index in [9.17, 15) is 14.4 Å². The zero-order valence-electron chi connectivity index (χ0n) is 13.8.